The summed E-state index contributed by atoms with van der Waals surface area (Å²) in [6.45, 7) is 13.4. The van der Waals surface area contributed by atoms with Gasteiger partial charge in [-0.2, -0.15) is 0 Å². The largest absolute Gasteiger partial charge is 0.391 e. The van der Waals surface area contributed by atoms with Crippen molar-refractivity contribution in [2.24, 2.45) is 23.7 Å². The summed E-state index contributed by atoms with van der Waals surface area (Å²) in [6, 6.07) is 0. The maximum Gasteiger partial charge on any atom is 0.146 e. The molecule has 2 atom stereocenters. The van der Waals surface area contributed by atoms with Crippen molar-refractivity contribution in [1.29, 1.82) is 0 Å². The molecule has 0 bridgehead atoms. The van der Waals surface area contributed by atoms with Crippen LogP contribution in [0.3, 0.4) is 0 Å². The summed E-state index contributed by atoms with van der Waals surface area (Å²) in [5.41, 5.74) is 0. The lowest BCUT2D eigenvalue weighted by atomic mass is 9.84. The van der Waals surface area contributed by atoms with Gasteiger partial charge in [-0.3, -0.25) is 0 Å². The van der Waals surface area contributed by atoms with Crippen LogP contribution < -0.4 is 0 Å². The van der Waals surface area contributed by atoms with Gasteiger partial charge in [-0.1, -0.05) is 79.1 Å². The van der Waals surface area contributed by atoms with Crippen molar-refractivity contribution in [2.75, 3.05) is 20.0 Å². The Morgan fingerprint density at radius 2 is 0.815 bits per heavy atom. The highest BCUT2D eigenvalue weighted by molar-refractivity contribution is 4.66. The molecule has 0 amide bonds. The van der Waals surface area contributed by atoms with Crippen LogP contribution in [0.15, 0.2) is 0 Å². The van der Waals surface area contributed by atoms with Gasteiger partial charge in [0.1, 0.15) is 6.79 Å². The van der Waals surface area contributed by atoms with Gasteiger partial charge in [-0.05, 0) is 37.5 Å². The van der Waals surface area contributed by atoms with Crippen LogP contribution in [-0.2, 0) is 9.47 Å². The van der Waals surface area contributed by atoms with E-state index in [2.05, 4.69) is 27.7 Å². The minimum Gasteiger partial charge on any atom is -0.391 e. The Bertz CT molecular complexity index is 254. The first-order valence-electron chi connectivity index (χ1n) is 11.2. The van der Waals surface area contributed by atoms with Crippen LogP contribution >= 0.6 is 0 Å². The van der Waals surface area contributed by atoms with Gasteiger partial charge in [0.05, 0.1) is 25.4 Å². The first-order chi connectivity index (χ1) is 12.7. The average Bonchev–Trinajstić information content (AvgIpc) is 2.60. The Kier molecular flexibility index (Phi) is 16.7. The molecule has 0 aromatic heterocycles. The van der Waals surface area contributed by atoms with Gasteiger partial charge in [0.15, 0.2) is 0 Å². The molecule has 164 valence electrons. The molecule has 0 heterocycles. The Hall–Kier alpha value is -0.160. The van der Waals surface area contributed by atoms with Crippen LogP contribution in [0.25, 0.3) is 0 Å². The first kappa shape index (κ1) is 26.8. The molecule has 2 aliphatic carbocycles. The molecule has 0 saturated heterocycles. The molecular formula is C23H48O4. The summed E-state index contributed by atoms with van der Waals surface area (Å²) in [5.74, 6) is 4.08. The average molecular weight is 389 g/mol. The standard InChI is InChI=1S/2C8H16.C7H16O4/c2*1-7-3-5-8(2)6-4-7;1-6(8)3-10-5-11-4-7(2)9/h2*7-8H,3-6H2,1-2H3;6-9H,3-5H2,1-2H3. The lowest BCUT2D eigenvalue weighted by Gasteiger charge is -2.22. The second-order valence-corrected chi connectivity index (χ2v) is 9.29. The molecule has 2 fully saturated rings. The third kappa shape index (κ3) is 18.9. The van der Waals surface area contributed by atoms with Crippen molar-refractivity contribution >= 4 is 0 Å². The third-order valence-electron chi connectivity index (χ3n) is 5.49. The van der Waals surface area contributed by atoms with E-state index >= 15 is 0 Å². The van der Waals surface area contributed by atoms with E-state index in [4.69, 9.17) is 19.7 Å². The van der Waals surface area contributed by atoms with E-state index in [1.165, 1.54) is 51.4 Å². The Labute approximate surface area is 169 Å². The Balaban J connectivity index is 0.000000381. The van der Waals surface area contributed by atoms with Crippen molar-refractivity contribution in [3.05, 3.63) is 0 Å². The van der Waals surface area contributed by atoms with E-state index in [-0.39, 0.29) is 20.0 Å². The fourth-order valence-corrected chi connectivity index (χ4v) is 3.35. The number of aliphatic hydroxyl groups excluding tert-OH is 2. The van der Waals surface area contributed by atoms with Crippen LogP contribution in [0.1, 0.15) is 92.9 Å². The van der Waals surface area contributed by atoms with E-state index in [0.29, 0.717) is 0 Å². The molecule has 4 heteroatoms. The predicted molar refractivity (Wildman–Crippen MR) is 114 cm³/mol. The molecule has 0 aliphatic heterocycles. The van der Waals surface area contributed by atoms with Gasteiger partial charge in [-0.25, -0.2) is 0 Å². The molecule has 0 spiro atoms. The highest BCUT2D eigenvalue weighted by Crippen LogP contribution is 2.27. The van der Waals surface area contributed by atoms with Gasteiger partial charge in [-0.15, -0.1) is 0 Å². The van der Waals surface area contributed by atoms with E-state index < -0.39 is 12.2 Å². The summed E-state index contributed by atoms with van der Waals surface area (Å²) >= 11 is 0. The molecule has 2 unspecified atom stereocenters. The molecule has 0 aromatic carbocycles. The summed E-state index contributed by atoms with van der Waals surface area (Å²) in [5, 5.41) is 17.5. The molecule has 2 rings (SSSR count). The van der Waals surface area contributed by atoms with Crippen LogP contribution in [0.4, 0.5) is 0 Å². The first-order valence-corrected chi connectivity index (χ1v) is 11.2. The molecular weight excluding hydrogens is 340 g/mol. The Morgan fingerprint density at radius 3 is 1.00 bits per heavy atom. The molecule has 0 aromatic rings. The molecule has 2 N–H and O–H groups in total. The number of hydrogen-bond donors (Lipinski definition) is 2. The fourth-order valence-electron chi connectivity index (χ4n) is 3.35. The van der Waals surface area contributed by atoms with E-state index in [9.17, 15) is 0 Å². The van der Waals surface area contributed by atoms with Crippen molar-refractivity contribution < 1.29 is 19.7 Å². The smallest absolute Gasteiger partial charge is 0.146 e. The monoisotopic (exact) mass is 388 g/mol. The molecule has 2 aliphatic rings. The zero-order valence-corrected chi connectivity index (χ0v) is 19.0. The summed E-state index contributed by atoms with van der Waals surface area (Å²) in [7, 11) is 0. The van der Waals surface area contributed by atoms with Gasteiger partial charge in [0, 0.05) is 0 Å². The highest BCUT2D eigenvalue weighted by atomic mass is 16.7. The van der Waals surface area contributed by atoms with E-state index in [1.807, 2.05) is 0 Å². The molecule has 0 radical (unpaired) electrons. The van der Waals surface area contributed by atoms with Crippen molar-refractivity contribution in [1.82, 2.24) is 0 Å². The topological polar surface area (TPSA) is 58.9 Å². The molecule has 4 nitrogen and oxygen atoms in total. The van der Waals surface area contributed by atoms with Gasteiger partial charge < -0.3 is 19.7 Å². The molecule has 27 heavy (non-hydrogen) atoms. The Morgan fingerprint density at radius 1 is 0.593 bits per heavy atom. The van der Waals surface area contributed by atoms with Gasteiger partial charge in [0.25, 0.3) is 0 Å². The number of ether oxygens (including phenoxy) is 2. The van der Waals surface area contributed by atoms with Gasteiger partial charge >= 0.3 is 0 Å². The maximum absolute atomic E-state index is 8.73. The number of hydrogen-bond acceptors (Lipinski definition) is 4. The highest BCUT2D eigenvalue weighted by Gasteiger charge is 2.13. The second-order valence-electron chi connectivity index (χ2n) is 9.29. The number of aliphatic hydroxyl groups is 2. The van der Waals surface area contributed by atoms with Crippen LogP contribution in [0.5, 0.6) is 0 Å². The van der Waals surface area contributed by atoms with Gasteiger partial charge in [0.2, 0.25) is 0 Å². The lowest BCUT2D eigenvalue weighted by Crippen LogP contribution is -2.16. The van der Waals surface area contributed by atoms with Crippen molar-refractivity contribution in [3.8, 4) is 0 Å². The third-order valence-corrected chi connectivity index (χ3v) is 5.49. The minimum absolute atomic E-state index is 0.121. The van der Waals surface area contributed by atoms with Crippen molar-refractivity contribution in [2.45, 2.75) is 105 Å². The second kappa shape index (κ2) is 16.8. The zero-order valence-electron chi connectivity index (χ0n) is 19.0. The summed E-state index contributed by atoms with van der Waals surface area (Å²) in [4.78, 5) is 0. The SMILES string of the molecule is CC(O)COCOCC(C)O.CC1CCC(C)CC1.CC1CCC(C)CC1. The van der Waals surface area contributed by atoms with Crippen molar-refractivity contribution in [3.63, 3.8) is 0 Å². The maximum atomic E-state index is 8.73. The van der Waals surface area contributed by atoms with Crippen LogP contribution in [0, 0.1) is 23.7 Å². The van der Waals surface area contributed by atoms with E-state index in [1.54, 1.807) is 13.8 Å². The zero-order chi connectivity index (χ0) is 20.7. The normalized spacial score (nSPS) is 30.2. The van der Waals surface area contributed by atoms with Crippen LogP contribution in [-0.4, -0.2) is 42.4 Å². The minimum atomic E-state index is -0.467. The van der Waals surface area contributed by atoms with Crippen LogP contribution in [0.2, 0.25) is 0 Å². The molecule has 2 saturated carbocycles. The number of rotatable bonds is 6. The summed E-state index contributed by atoms with van der Waals surface area (Å²) < 4.78 is 9.72. The fraction of sp³-hybridized carbons (Fsp3) is 1.00. The quantitative estimate of drug-likeness (QED) is 0.472. The lowest BCUT2D eigenvalue weighted by molar-refractivity contribution is -0.0923. The summed E-state index contributed by atoms with van der Waals surface area (Å²) in [6.07, 6.45) is 10.9. The predicted octanol–water partition coefficient (Wildman–Crippen LogP) is 5.40. The van der Waals surface area contributed by atoms with E-state index in [0.717, 1.165) is 23.7 Å².